The summed E-state index contributed by atoms with van der Waals surface area (Å²) < 4.78 is 5.25. The molecule has 0 radical (unpaired) electrons. The van der Waals surface area contributed by atoms with E-state index in [9.17, 15) is 4.79 Å². The summed E-state index contributed by atoms with van der Waals surface area (Å²) in [4.78, 5) is 15.0. The number of hydrogen-bond donors (Lipinski definition) is 0. The Balaban J connectivity index is 1.79. The molecule has 1 aliphatic heterocycles. The SMILES string of the molecule is COc1ccc(C2CCCCN(C(=O)c3ccccc3C)C2)cc1. The maximum absolute atomic E-state index is 13.0. The standard InChI is InChI=1S/C21H25NO2/c1-16-7-3-4-9-20(16)21(23)22-14-6-5-8-18(15-22)17-10-12-19(24-2)13-11-17/h3-4,7,9-13,18H,5-6,8,14-15H2,1-2H3. The Kier molecular flexibility index (Phi) is 5.19. The van der Waals surface area contributed by atoms with Crippen LogP contribution in [0.25, 0.3) is 0 Å². The van der Waals surface area contributed by atoms with Crippen molar-refractivity contribution in [2.75, 3.05) is 20.2 Å². The van der Waals surface area contributed by atoms with Gasteiger partial charge in [-0.3, -0.25) is 4.79 Å². The van der Waals surface area contributed by atoms with E-state index in [1.165, 1.54) is 5.56 Å². The van der Waals surface area contributed by atoms with E-state index in [-0.39, 0.29) is 5.91 Å². The average Bonchev–Trinajstić information content (AvgIpc) is 2.88. The molecule has 24 heavy (non-hydrogen) atoms. The zero-order valence-electron chi connectivity index (χ0n) is 14.5. The molecule has 3 heteroatoms. The van der Waals surface area contributed by atoms with Gasteiger partial charge in [0.2, 0.25) is 0 Å². The van der Waals surface area contributed by atoms with Gasteiger partial charge in [0, 0.05) is 24.6 Å². The summed E-state index contributed by atoms with van der Waals surface area (Å²) in [7, 11) is 1.68. The van der Waals surface area contributed by atoms with Gasteiger partial charge in [-0.25, -0.2) is 0 Å². The highest BCUT2D eigenvalue weighted by atomic mass is 16.5. The molecule has 0 aliphatic carbocycles. The minimum absolute atomic E-state index is 0.161. The molecule has 1 atom stereocenters. The van der Waals surface area contributed by atoms with Crippen molar-refractivity contribution in [3.05, 3.63) is 65.2 Å². The molecule has 1 fully saturated rings. The van der Waals surface area contributed by atoms with Gasteiger partial charge < -0.3 is 9.64 Å². The predicted molar refractivity (Wildman–Crippen MR) is 96.7 cm³/mol. The molecule has 3 rings (SSSR count). The molecule has 3 nitrogen and oxygen atoms in total. The highest BCUT2D eigenvalue weighted by Gasteiger charge is 2.24. The molecular formula is C21H25NO2. The molecule has 1 saturated heterocycles. The minimum atomic E-state index is 0.161. The van der Waals surface area contributed by atoms with Crippen molar-refractivity contribution in [2.24, 2.45) is 0 Å². The van der Waals surface area contributed by atoms with Crippen molar-refractivity contribution in [1.82, 2.24) is 4.90 Å². The third kappa shape index (κ3) is 3.61. The van der Waals surface area contributed by atoms with Crippen LogP contribution in [-0.4, -0.2) is 31.0 Å². The lowest BCUT2D eigenvalue weighted by Crippen LogP contribution is -2.34. The van der Waals surface area contributed by atoms with E-state index in [1.807, 2.05) is 48.2 Å². The first-order valence-electron chi connectivity index (χ1n) is 8.68. The normalized spacial score (nSPS) is 18.1. The Morgan fingerprint density at radius 2 is 1.83 bits per heavy atom. The van der Waals surface area contributed by atoms with Gasteiger partial charge in [-0.1, -0.05) is 36.8 Å². The van der Waals surface area contributed by atoms with E-state index in [1.54, 1.807) is 7.11 Å². The highest BCUT2D eigenvalue weighted by molar-refractivity contribution is 5.95. The van der Waals surface area contributed by atoms with Crippen LogP contribution in [0.15, 0.2) is 48.5 Å². The van der Waals surface area contributed by atoms with Crippen molar-refractivity contribution in [3.63, 3.8) is 0 Å². The molecule has 1 unspecified atom stereocenters. The number of hydrogen-bond acceptors (Lipinski definition) is 2. The van der Waals surface area contributed by atoms with E-state index < -0.39 is 0 Å². The van der Waals surface area contributed by atoms with Crippen LogP contribution in [0.5, 0.6) is 5.75 Å². The summed E-state index contributed by atoms with van der Waals surface area (Å²) in [6, 6.07) is 16.1. The Morgan fingerprint density at radius 1 is 1.08 bits per heavy atom. The average molecular weight is 323 g/mol. The molecule has 1 heterocycles. The van der Waals surface area contributed by atoms with Crippen LogP contribution >= 0.6 is 0 Å². The molecule has 0 bridgehead atoms. The smallest absolute Gasteiger partial charge is 0.254 e. The van der Waals surface area contributed by atoms with Gasteiger partial charge in [-0.2, -0.15) is 0 Å². The minimum Gasteiger partial charge on any atom is -0.497 e. The number of ether oxygens (including phenoxy) is 1. The lowest BCUT2D eigenvalue weighted by molar-refractivity contribution is 0.0754. The van der Waals surface area contributed by atoms with Crippen LogP contribution in [0.1, 0.15) is 46.7 Å². The van der Waals surface area contributed by atoms with Crippen molar-refractivity contribution in [2.45, 2.75) is 32.1 Å². The molecule has 0 spiro atoms. The zero-order chi connectivity index (χ0) is 16.9. The maximum atomic E-state index is 13.0. The van der Waals surface area contributed by atoms with E-state index >= 15 is 0 Å². The van der Waals surface area contributed by atoms with Crippen molar-refractivity contribution < 1.29 is 9.53 Å². The summed E-state index contributed by atoms with van der Waals surface area (Å²) in [6.07, 6.45) is 3.36. The lowest BCUT2D eigenvalue weighted by Gasteiger charge is -2.25. The summed E-state index contributed by atoms with van der Waals surface area (Å²) >= 11 is 0. The molecule has 1 amide bonds. The van der Waals surface area contributed by atoms with Crippen LogP contribution in [0.3, 0.4) is 0 Å². The van der Waals surface area contributed by atoms with Crippen LogP contribution in [-0.2, 0) is 0 Å². The van der Waals surface area contributed by atoms with Crippen LogP contribution in [0.2, 0.25) is 0 Å². The van der Waals surface area contributed by atoms with Crippen molar-refractivity contribution in [1.29, 1.82) is 0 Å². The second kappa shape index (κ2) is 7.52. The summed E-state index contributed by atoms with van der Waals surface area (Å²) in [5.74, 6) is 1.43. The van der Waals surface area contributed by atoms with Crippen molar-refractivity contribution >= 4 is 5.91 Å². The van der Waals surface area contributed by atoms with E-state index in [0.29, 0.717) is 5.92 Å². The van der Waals surface area contributed by atoms with E-state index in [0.717, 1.165) is 49.2 Å². The first kappa shape index (κ1) is 16.6. The molecule has 2 aromatic rings. The first-order chi connectivity index (χ1) is 11.7. The number of carbonyl (C=O) groups is 1. The van der Waals surface area contributed by atoms with Gasteiger partial charge in [-0.05, 0) is 49.1 Å². The van der Waals surface area contributed by atoms with Gasteiger partial charge in [0.05, 0.1) is 7.11 Å². The highest BCUT2D eigenvalue weighted by Crippen LogP contribution is 2.28. The Hall–Kier alpha value is -2.29. The number of aryl methyl sites for hydroxylation is 1. The molecule has 0 saturated carbocycles. The van der Waals surface area contributed by atoms with E-state index in [4.69, 9.17) is 4.74 Å². The number of nitrogens with zero attached hydrogens (tertiary/aromatic N) is 1. The Bertz CT molecular complexity index is 693. The second-order valence-electron chi connectivity index (χ2n) is 6.53. The quantitative estimate of drug-likeness (QED) is 0.837. The zero-order valence-corrected chi connectivity index (χ0v) is 14.5. The summed E-state index contributed by atoms with van der Waals surface area (Å²) in [5, 5.41) is 0. The third-order valence-electron chi connectivity index (χ3n) is 4.92. The second-order valence-corrected chi connectivity index (χ2v) is 6.53. The summed E-state index contributed by atoms with van der Waals surface area (Å²) in [6.45, 7) is 3.64. The van der Waals surface area contributed by atoms with Crippen LogP contribution < -0.4 is 4.74 Å². The maximum Gasteiger partial charge on any atom is 0.254 e. The number of methoxy groups -OCH3 is 1. The molecule has 2 aromatic carbocycles. The van der Waals surface area contributed by atoms with Gasteiger partial charge in [0.25, 0.3) is 5.91 Å². The first-order valence-corrected chi connectivity index (χ1v) is 8.68. The fourth-order valence-electron chi connectivity index (χ4n) is 3.46. The van der Waals surface area contributed by atoms with Crippen LogP contribution in [0.4, 0.5) is 0 Å². The number of amides is 1. The molecule has 0 aromatic heterocycles. The summed E-state index contributed by atoms with van der Waals surface area (Å²) in [5.41, 5.74) is 3.17. The number of rotatable bonds is 3. The van der Waals surface area contributed by atoms with Crippen molar-refractivity contribution in [3.8, 4) is 5.75 Å². The topological polar surface area (TPSA) is 29.5 Å². The Morgan fingerprint density at radius 3 is 2.54 bits per heavy atom. The molecule has 126 valence electrons. The number of carbonyl (C=O) groups excluding carboxylic acids is 1. The molecule has 1 aliphatic rings. The fourth-order valence-corrected chi connectivity index (χ4v) is 3.46. The lowest BCUT2D eigenvalue weighted by atomic mass is 9.94. The van der Waals surface area contributed by atoms with Gasteiger partial charge >= 0.3 is 0 Å². The van der Waals surface area contributed by atoms with Gasteiger partial charge in [0.15, 0.2) is 0 Å². The number of benzene rings is 2. The fraction of sp³-hybridized carbons (Fsp3) is 0.381. The number of likely N-dealkylation sites (tertiary alicyclic amines) is 1. The third-order valence-corrected chi connectivity index (χ3v) is 4.92. The van der Waals surface area contributed by atoms with E-state index in [2.05, 4.69) is 12.1 Å². The van der Waals surface area contributed by atoms with Crippen LogP contribution in [0, 0.1) is 6.92 Å². The van der Waals surface area contributed by atoms with Gasteiger partial charge in [-0.15, -0.1) is 0 Å². The molecule has 0 N–H and O–H groups in total. The molecular weight excluding hydrogens is 298 g/mol. The largest absolute Gasteiger partial charge is 0.497 e. The monoisotopic (exact) mass is 323 g/mol. The van der Waals surface area contributed by atoms with Gasteiger partial charge in [0.1, 0.15) is 5.75 Å². The predicted octanol–water partition coefficient (Wildman–Crippen LogP) is 4.41. The Labute approximate surface area is 144 Å².